The third kappa shape index (κ3) is 2.03. The largest absolute Gasteiger partial charge is 0.534 e. The molecule has 2 aromatic rings. The van der Waals surface area contributed by atoms with Crippen LogP contribution in [-0.2, 0) is 17.2 Å². The summed E-state index contributed by atoms with van der Waals surface area (Å²) >= 11 is 0. The Labute approximate surface area is 101 Å². The molecule has 0 aliphatic rings. The minimum absolute atomic E-state index is 0.299. The maximum absolute atomic E-state index is 12.2. The topological polar surface area (TPSA) is 48.3 Å². The number of hydrogen-bond acceptors (Lipinski definition) is 3. The highest BCUT2D eigenvalue weighted by Gasteiger charge is 2.48. The van der Waals surface area contributed by atoms with E-state index >= 15 is 0 Å². The number of benzene rings is 1. The molecule has 0 bridgehead atoms. The van der Waals surface area contributed by atoms with Gasteiger partial charge in [-0.25, -0.2) is 0 Å². The Bertz CT molecular complexity index is 688. The smallest absolute Gasteiger partial charge is 0.374 e. The summed E-state index contributed by atoms with van der Waals surface area (Å²) in [4.78, 5) is 0. The van der Waals surface area contributed by atoms with Crippen LogP contribution in [0.1, 0.15) is 0 Å². The van der Waals surface area contributed by atoms with Gasteiger partial charge in [0.05, 0.1) is 5.52 Å². The molecule has 0 amide bonds. The lowest BCUT2D eigenvalue weighted by molar-refractivity contribution is -0.0499. The standard InChI is InChI=1S/C10H8F3NO3S/c1-14-6-9(7-4-2-3-5-8(7)14)17-18(15,16)10(11,12)13/h2-6H,1H3. The number of aromatic nitrogens is 1. The molecule has 98 valence electrons. The molecule has 0 unspecified atom stereocenters. The molecule has 1 aromatic carbocycles. The molecular formula is C10H8F3NO3S. The van der Waals surface area contributed by atoms with Crippen LogP contribution in [0, 0.1) is 0 Å². The zero-order valence-corrected chi connectivity index (χ0v) is 9.92. The van der Waals surface area contributed by atoms with Crippen LogP contribution in [0.5, 0.6) is 5.75 Å². The van der Waals surface area contributed by atoms with Gasteiger partial charge in [0.2, 0.25) is 0 Å². The first kappa shape index (κ1) is 12.7. The molecule has 0 spiro atoms. The van der Waals surface area contributed by atoms with E-state index in [-0.39, 0.29) is 5.75 Å². The van der Waals surface area contributed by atoms with Crippen LogP contribution in [-0.4, -0.2) is 18.5 Å². The van der Waals surface area contributed by atoms with Gasteiger partial charge in [0.15, 0.2) is 5.75 Å². The molecule has 0 aliphatic heterocycles. The molecule has 1 aromatic heterocycles. The molecule has 8 heteroatoms. The van der Waals surface area contributed by atoms with Crippen LogP contribution in [0.2, 0.25) is 0 Å². The molecule has 2 rings (SSSR count). The second-order valence-corrected chi connectivity index (χ2v) is 5.14. The van der Waals surface area contributed by atoms with Crippen LogP contribution < -0.4 is 4.18 Å². The summed E-state index contributed by atoms with van der Waals surface area (Å²) in [7, 11) is -4.06. The van der Waals surface area contributed by atoms with E-state index in [0.29, 0.717) is 10.9 Å². The van der Waals surface area contributed by atoms with E-state index < -0.39 is 15.6 Å². The van der Waals surface area contributed by atoms with Gasteiger partial charge >= 0.3 is 15.6 Å². The van der Waals surface area contributed by atoms with E-state index in [1.807, 2.05) is 0 Å². The van der Waals surface area contributed by atoms with Crippen LogP contribution in [0.4, 0.5) is 13.2 Å². The number of hydrogen-bond donors (Lipinski definition) is 0. The van der Waals surface area contributed by atoms with Crippen LogP contribution in [0.15, 0.2) is 30.5 Å². The fourth-order valence-corrected chi connectivity index (χ4v) is 2.00. The van der Waals surface area contributed by atoms with Crippen molar-refractivity contribution in [1.82, 2.24) is 4.57 Å². The first-order valence-corrected chi connectivity index (χ1v) is 6.18. The van der Waals surface area contributed by atoms with Crippen LogP contribution in [0.25, 0.3) is 10.9 Å². The molecule has 18 heavy (non-hydrogen) atoms. The molecule has 0 aliphatic carbocycles. The SMILES string of the molecule is Cn1cc(OS(=O)(=O)C(F)(F)F)c2ccccc21. The van der Waals surface area contributed by atoms with E-state index in [1.165, 1.54) is 16.8 Å². The Balaban J connectivity index is 2.52. The van der Waals surface area contributed by atoms with Gasteiger partial charge in [-0.05, 0) is 12.1 Å². The van der Waals surface area contributed by atoms with Crippen LogP contribution >= 0.6 is 0 Å². The Morgan fingerprint density at radius 1 is 1.22 bits per heavy atom. The predicted molar refractivity (Wildman–Crippen MR) is 58.5 cm³/mol. The third-order valence-electron chi connectivity index (χ3n) is 2.34. The van der Waals surface area contributed by atoms with Crippen LogP contribution in [0.3, 0.4) is 0 Å². The van der Waals surface area contributed by atoms with Gasteiger partial charge in [-0.1, -0.05) is 12.1 Å². The zero-order chi connectivity index (χ0) is 13.6. The summed E-state index contributed by atoms with van der Waals surface area (Å²) in [5, 5.41) is 0.299. The molecule has 0 N–H and O–H groups in total. The van der Waals surface area contributed by atoms with E-state index in [0.717, 1.165) is 0 Å². The summed E-state index contributed by atoms with van der Waals surface area (Å²) in [6.45, 7) is 0. The summed E-state index contributed by atoms with van der Waals surface area (Å²) < 4.78 is 64.1. The maximum atomic E-state index is 12.2. The maximum Gasteiger partial charge on any atom is 0.534 e. The minimum atomic E-state index is -5.64. The lowest BCUT2D eigenvalue weighted by Gasteiger charge is -2.08. The summed E-state index contributed by atoms with van der Waals surface area (Å²) in [5.74, 6) is -0.342. The summed E-state index contributed by atoms with van der Waals surface area (Å²) in [5.41, 5.74) is -4.87. The third-order valence-corrected chi connectivity index (χ3v) is 3.31. The highest BCUT2D eigenvalue weighted by Crippen LogP contribution is 2.32. The predicted octanol–water partition coefficient (Wildman–Crippen LogP) is 2.41. The molecule has 0 fully saturated rings. The quantitative estimate of drug-likeness (QED) is 0.626. The Morgan fingerprint density at radius 2 is 1.83 bits per heavy atom. The van der Waals surface area contributed by atoms with Crippen molar-refractivity contribution in [2.24, 2.45) is 7.05 Å². The Hall–Kier alpha value is -1.70. The number of nitrogens with zero attached hydrogens (tertiary/aromatic N) is 1. The minimum Gasteiger partial charge on any atom is -0.374 e. The van der Waals surface area contributed by atoms with E-state index in [2.05, 4.69) is 4.18 Å². The van der Waals surface area contributed by atoms with Crippen molar-refractivity contribution < 1.29 is 25.8 Å². The molecule has 0 saturated carbocycles. The van der Waals surface area contributed by atoms with E-state index in [9.17, 15) is 21.6 Å². The molecule has 0 atom stereocenters. The molecular weight excluding hydrogens is 271 g/mol. The molecule has 1 heterocycles. The van der Waals surface area contributed by atoms with Crippen molar-refractivity contribution >= 4 is 21.0 Å². The number of alkyl halides is 3. The van der Waals surface area contributed by atoms with Gasteiger partial charge in [0, 0.05) is 18.6 Å². The number of rotatable bonds is 2. The summed E-state index contributed by atoms with van der Waals surface area (Å²) in [6.07, 6.45) is 1.19. The van der Waals surface area contributed by atoms with Gasteiger partial charge in [0.25, 0.3) is 0 Å². The lowest BCUT2D eigenvalue weighted by atomic mass is 10.2. The highest BCUT2D eigenvalue weighted by molar-refractivity contribution is 7.88. The fourth-order valence-electron chi connectivity index (χ4n) is 1.54. The molecule has 0 radical (unpaired) electrons. The van der Waals surface area contributed by atoms with Gasteiger partial charge in [-0.2, -0.15) is 21.6 Å². The Morgan fingerprint density at radius 3 is 2.44 bits per heavy atom. The Kier molecular flexibility index (Phi) is 2.77. The van der Waals surface area contributed by atoms with Crippen molar-refractivity contribution in [3.8, 4) is 5.75 Å². The average molecular weight is 279 g/mol. The molecule has 4 nitrogen and oxygen atoms in total. The van der Waals surface area contributed by atoms with Gasteiger partial charge in [-0.15, -0.1) is 0 Å². The monoisotopic (exact) mass is 279 g/mol. The van der Waals surface area contributed by atoms with E-state index in [1.54, 1.807) is 25.2 Å². The van der Waals surface area contributed by atoms with Crippen molar-refractivity contribution in [1.29, 1.82) is 0 Å². The van der Waals surface area contributed by atoms with Crippen molar-refractivity contribution in [2.75, 3.05) is 0 Å². The van der Waals surface area contributed by atoms with Crippen molar-refractivity contribution in [2.45, 2.75) is 5.51 Å². The van der Waals surface area contributed by atoms with Gasteiger partial charge in [0.1, 0.15) is 0 Å². The first-order valence-electron chi connectivity index (χ1n) is 4.77. The average Bonchev–Trinajstić information content (AvgIpc) is 2.55. The second-order valence-electron chi connectivity index (χ2n) is 3.60. The second kappa shape index (κ2) is 3.91. The van der Waals surface area contributed by atoms with Crippen molar-refractivity contribution in [3.05, 3.63) is 30.5 Å². The summed E-state index contributed by atoms with van der Waals surface area (Å²) in [6, 6.07) is 6.39. The van der Waals surface area contributed by atoms with Gasteiger partial charge < -0.3 is 8.75 Å². The zero-order valence-electron chi connectivity index (χ0n) is 9.10. The van der Waals surface area contributed by atoms with Gasteiger partial charge in [-0.3, -0.25) is 0 Å². The lowest BCUT2D eigenvalue weighted by Crippen LogP contribution is -2.27. The number of para-hydroxylation sites is 1. The fraction of sp³-hybridized carbons (Fsp3) is 0.200. The molecule has 0 saturated heterocycles. The highest BCUT2D eigenvalue weighted by atomic mass is 32.2. The van der Waals surface area contributed by atoms with E-state index in [4.69, 9.17) is 0 Å². The first-order chi connectivity index (χ1) is 8.22. The van der Waals surface area contributed by atoms with Crippen molar-refractivity contribution in [3.63, 3.8) is 0 Å². The number of fused-ring (bicyclic) bond motifs is 1. The number of halogens is 3. The normalized spacial score (nSPS) is 12.9. The number of aryl methyl sites for hydroxylation is 1.